The second-order valence-corrected chi connectivity index (χ2v) is 4.36. The molecule has 0 saturated carbocycles. The van der Waals surface area contributed by atoms with Crippen molar-refractivity contribution in [1.29, 1.82) is 0 Å². The van der Waals surface area contributed by atoms with Crippen LogP contribution in [0.2, 0.25) is 0 Å². The Hall–Kier alpha value is -1.49. The first kappa shape index (κ1) is 14.6. The number of carboxylic acids is 1. The predicted octanol–water partition coefficient (Wildman–Crippen LogP) is 3.22. The number of allylic oxidation sites excluding steroid dienone is 1. The Labute approximate surface area is 114 Å². The lowest BCUT2D eigenvalue weighted by Gasteiger charge is -2.15. The molecule has 0 aliphatic carbocycles. The molecule has 0 aliphatic heterocycles. The largest absolute Gasteiger partial charge is 0.487 e. The van der Waals surface area contributed by atoms with Crippen molar-refractivity contribution in [2.24, 2.45) is 0 Å². The highest BCUT2D eigenvalue weighted by atomic mass is 79.9. The molecular weight excluding hydrogens is 300 g/mol. The standard InChI is InChI=1S/C13H15BrO4/c1-9(2)17-11-5-3-4-6-12(11)18-10(8-14)7-13(15)16/h3-7,9H,8H2,1-2H3,(H,15,16)/b10-7+. The number of rotatable bonds is 6. The molecule has 4 nitrogen and oxygen atoms in total. The Morgan fingerprint density at radius 2 is 2.00 bits per heavy atom. The number of para-hydroxylation sites is 2. The van der Waals surface area contributed by atoms with Crippen molar-refractivity contribution in [3.8, 4) is 11.5 Å². The third kappa shape index (κ3) is 4.79. The van der Waals surface area contributed by atoms with Crippen LogP contribution in [-0.4, -0.2) is 22.5 Å². The van der Waals surface area contributed by atoms with Gasteiger partial charge in [-0.1, -0.05) is 28.1 Å². The second-order valence-electron chi connectivity index (χ2n) is 3.80. The summed E-state index contributed by atoms with van der Waals surface area (Å²) in [4.78, 5) is 10.6. The molecule has 98 valence electrons. The molecule has 0 aliphatic rings. The third-order valence-electron chi connectivity index (χ3n) is 1.87. The minimum atomic E-state index is -1.05. The van der Waals surface area contributed by atoms with E-state index in [1.54, 1.807) is 18.2 Å². The van der Waals surface area contributed by atoms with Crippen LogP contribution in [0.3, 0.4) is 0 Å². The molecule has 0 saturated heterocycles. The number of alkyl halides is 1. The molecule has 5 heteroatoms. The molecule has 0 amide bonds. The van der Waals surface area contributed by atoms with Crippen molar-refractivity contribution in [3.63, 3.8) is 0 Å². The molecule has 1 aromatic carbocycles. The molecule has 0 heterocycles. The Morgan fingerprint density at radius 1 is 1.39 bits per heavy atom. The van der Waals surface area contributed by atoms with Crippen LogP contribution in [-0.2, 0) is 4.79 Å². The molecular formula is C13H15BrO4. The Bertz CT molecular complexity index is 440. The number of carbonyl (C=O) groups is 1. The summed E-state index contributed by atoms with van der Waals surface area (Å²) < 4.78 is 11.1. The van der Waals surface area contributed by atoms with Crippen LogP contribution in [0.25, 0.3) is 0 Å². The first-order valence-corrected chi connectivity index (χ1v) is 6.58. The van der Waals surface area contributed by atoms with Crippen LogP contribution in [0.1, 0.15) is 13.8 Å². The van der Waals surface area contributed by atoms with Gasteiger partial charge >= 0.3 is 5.97 Å². The first-order valence-electron chi connectivity index (χ1n) is 5.46. The van der Waals surface area contributed by atoms with E-state index in [1.165, 1.54) is 0 Å². The fourth-order valence-corrected chi connectivity index (χ4v) is 1.54. The summed E-state index contributed by atoms with van der Waals surface area (Å²) in [5.74, 6) is 0.344. The molecule has 0 radical (unpaired) electrons. The molecule has 0 aromatic heterocycles. The molecule has 1 N–H and O–H groups in total. The van der Waals surface area contributed by atoms with Gasteiger partial charge in [-0.3, -0.25) is 0 Å². The maximum Gasteiger partial charge on any atom is 0.331 e. The number of benzene rings is 1. The molecule has 18 heavy (non-hydrogen) atoms. The molecule has 0 atom stereocenters. The monoisotopic (exact) mass is 314 g/mol. The van der Waals surface area contributed by atoms with Crippen LogP contribution in [0.15, 0.2) is 36.1 Å². The van der Waals surface area contributed by atoms with Crippen molar-refractivity contribution in [2.75, 3.05) is 5.33 Å². The van der Waals surface area contributed by atoms with Crippen molar-refractivity contribution < 1.29 is 19.4 Å². The Balaban J connectivity index is 2.92. The zero-order valence-corrected chi connectivity index (χ0v) is 11.8. The van der Waals surface area contributed by atoms with E-state index < -0.39 is 5.97 Å². The molecule has 1 aromatic rings. The molecule has 1 rings (SSSR count). The summed E-state index contributed by atoms with van der Waals surface area (Å²) in [6, 6.07) is 7.15. The average molecular weight is 315 g/mol. The number of aliphatic carboxylic acids is 1. The van der Waals surface area contributed by atoms with E-state index in [2.05, 4.69) is 15.9 Å². The van der Waals surface area contributed by atoms with Gasteiger partial charge in [0.1, 0.15) is 5.76 Å². The highest BCUT2D eigenvalue weighted by Crippen LogP contribution is 2.29. The van der Waals surface area contributed by atoms with Crippen LogP contribution in [0.4, 0.5) is 0 Å². The van der Waals surface area contributed by atoms with Gasteiger partial charge in [-0.2, -0.15) is 0 Å². The van der Waals surface area contributed by atoms with Crippen LogP contribution in [0.5, 0.6) is 11.5 Å². The fourth-order valence-electron chi connectivity index (χ4n) is 1.26. The zero-order valence-electron chi connectivity index (χ0n) is 10.2. The molecule has 0 fully saturated rings. The minimum absolute atomic E-state index is 0.0191. The summed E-state index contributed by atoms with van der Waals surface area (Å²) in [7, 11) is 0. The maximum absolute atomic E-state index is 10.6. The van der Waals surface area contributed by atoms with E-state index in [0.29, 0.717) is 22.6 Å². The quantitative estimate of drug-likeness (QED) is 0.497. The summed E-state index contributed by atoms with van der Waals surface area (Å²) in [5, 5.41) is 9.01. The normalized spacial score (nSPS) is 11.4. The first-order chi connectivity index (χ1) is 8.52. The smallest absolute Gasteiger partial charge is 0.331 e. The lowest BCUT2D eigenvalue weighted by atomic mass is 10.3. The van der Waals surface area contributed by atoms with E-state index in [4.69, 9.17) is 14.6 Å². The second kappa shape index (κ2) is 7.06. The van der Waals surface area contributed by atoms with Gasteiger partial charge in [0.2, 0.25) is 0 Å². The van der Waals surface area contributed by atoms with Gasteiger partial charge in [-0.25, -0.2) is 4.79 Å². The topological polar surface area (TPSA) is 55.8 Å². The number of halogens is 1. The fraction of sp³-hybridized carbons (Fsp3) is 0.308. The van der Waals surface area contributed by atoms with Gasteiger partial charge in [0, 0.05) is 0 Å². The highest BCUT2D eigenvalue weighted by Gasteiger charge is 2.09. The van der Waals surface area contributed by atoms with Gasteiger partial charge in [0.05, 0.1) is 17.5 Å². The summed E-state index contributed by atoms with van der Waals surface area (Å²) >= 11 is 3.18. The maximum atomic E-state index is 10.6. The van der Waals surface area contributed by atoms with Crippen molar-refractivity contribution in [2.45, 2.75) is 20.0 Å². The lowest BCUT2D eigenvalue weighted by Crippen LogP contribution is -2.08. The summed E-state index contributed by atoms with van der Waals surface area (Å²) in [6.07, 6.45) is 1.03. The Kier molecular flexibility index (Phi) is 5.71. The number of hydrogen-bond donors (Lipinski definition) is 1. The lowest BCUT2D eigenvalue weighted by molar-refractivity contribution is -0.131. The number of carboxylic acid groups (broad SMARTS) is 1. The van der Waals surface area contributed by atoms with Crippen LogP contribution >= 0.6 is 15.9 Å². The van der Waals surface area contributed by atoms with Gasteiger partial charge in [-0.05, 0) is 26.0 Å². The third-order valence-corrected chi connectivity index (χ3v) is 2.42. The van der Waals surface area contributed by atoms with Gasteiger partial charge in [-0.15, -0.1) is 0 Å². The van der Waals surface area contributed by atoms with Crippen LogP contribution in [0, 0.1) is 0 Å². The molecule has 0 bridgehead atoms. The minimum Gasteiger partial charge on any atom is -0.487 e. The Morgan fingerprint density at radius 3 is 2.50 bits per heavy atom. The highest BCUT2D eigenvalue weighted by molar-refractivity contribution is 9.09. The van der Waals surface area contributed by atoms with Gasteiger partial charge in [0.25, 0.3) is 0 Å². The van der Waals surface area contributed by atoms with Crippen molar-refractivity contribution in [3.05, 3.63) is 36.1 Å². The summed E-state index contributed by atoms with van der Waals surface area (Å²) in [5.41, 5.74) is 0. The van der Waals surface area contributed by atoms with E-state index >= 15 is 0 Å². The molecule has 0 spiro atoms. The van der Waals surface area contributed by atoms with Crippen LogP contribution < -0.4 is 9.47 Å². The van der Waals surface area contributed by atoms with E-state index in [-0.39, 0.29) is 6.10 Å². The zero-order chi connectivity index (χ0) is 13.5. The van der Waals surface area contributed by atoms with E-state index in [9.17, 15) is 4.79 Å². The number of ether oxygens (including phenoxy) is 2. The SMILES string of the molecule is CC(C)Oc1ccccc1O/C(=C/C(=O)O)CBr. The van der Waals surface area contributed by atoms with Crippen molar-refractivity contribution in [1.82, 2.24) is 0 Å². The number of hydrogen-bond acceptors (Lipinski definition) is 3. The predicted molar refractivity (Wildman–Crippen MR) is 72.3 cm³/mol. The average Bonchev–Trinajstić information content (AvgIpc) is 2.29. The van der Waals surface area contributed by atoms with Crippen molar-refractivity contribution >= 4 is 21.9 Å². The van der Waals surface area contributed by atoms with E-state index in [1.807, 2.05) is 19.9 Å². The van der Waals surface area contributed by atoms with Gasteiger partial charge < -0.3 is 14.6 Å². The molecule has 0 unspecified atom stereocenters. The summed E-state index contributed by atoms with van der Waals surface area (Å²) in [6.45, 7) is 3.82. The van der Waals surface area contributed by atoms with Gasteiger partial charge in [0.15, 0.2) is 11.5 Å². The van der Waals surface area contributed by atoms with E-state index in [0.717, 1.165) is 6.08 Å².